The number of aliphatic imine (C=N–C) groups is 1. The van der Waals surface area contributed by atoms with E-state index in [0.29, 0.717) is 5.71 Å². The Morgan fingerprint density at radius 3 is 2.38 bits per heavy atom. The summed E-state index contributed by atoms with van der Waals surface area (Å²) in [6.07, 6.45) is 3.80. The molecule has 8 heteroatoms. The molecule has 0 aliphatic carbocycles. The first-order chi connectivity index (χ1) is 12.4. The van der Waals surface area contributed by atoms with Gasteiger partial charge in [-0.1, -0.05) is 77.6 Å². The van der Waals surface area contributed by atoms with Crippen LogP contribution in [-0.2, 0) is 10.0 Å². The molecule has 2 N–H and O–H groups in total. The molecule has 1 heterocycles. The van der Waals surface area contributed by atoms with Crippen LogP contribution in [0.4, 0.5) is 5.13 Å². The van der Waals surface area contributed by atoms with E-state index in [1.807, 2.05) is 73.7 Å². The lowest BCUT2D eigenvalue weighted by molar-refractivity contribution is 0.596. The molecule has 26 heavy (non-hydrogen) atoms. The van der Waals surface area contributed by atoms with Crippen molar-refractivity contribution in [2.24, 2.45) is 10.1 Å². The number of hydrogen-bond acceptors (Lipinski definition) is 6. The molecule has 0 bridgehead atoms. The molecule has 6 nitrogen and oxygen atoms in total. The van der Waals surface area contributed by atoms with Gasteiger partial charge in [-0.2, -0.15) is 0 Å². The number of aromatic nitrogens is 2. The third kappa shape index (κ3) is 4.69. The zero-order chi connectivity index (χ0) is 18.6. The Hall–Kier alpha value is -2.68. The van der Waals surface area contributed by atoms with E-state index in [0.717, 1.165) is 22.5 Å². The minimum atomic E-state index is -3.88. The summed E-state index contributed by atoms with van der Waals surface area (Å²) in [5.41, 5.74) is 3.73. The van der Waals surface area contributed by atoms with E-state index < -0.39 is 10.0 Å². The highest BCUT2D eigenvalue weighted by atomic mass is 32.2. The average molecular weight is 384 g/mol. The topological polar surface area (TPSA) is 98.3 Å². The van der Waals surface area contributed by atoms with Gasteiger partial charge in [-0.15, -0.1) is 10.2 Å². The number of allylic oxidation sites excluding steroid dienone is 1. The maximum atomic E-state index is 11.4. The van der Waals surface area contributed by atoms with Crippen molar-refractivity contribution < 1.29 is 8.42 Å². The second-order valence-electron chi connectivity index (χ2n) is 5.50. The Bertz CT molecular complexity index is 1050. The van der Waals surface area contributed by atoms with Crippen LogP contribution in [0, 0.1) is 6.92 Å². The summed E-state index contributed by atoms with van der Waals surface area (Å²) in [6, 6.07) is 17.6. The minimum absolute atomic E-state index is 0.224. The zero-order valence-corrected chi connectivity index (χ0v) is 15.5. The van der Waals surface area contributed by atoms with Crippen molar-refractivity contribution in [3.8, 4) is 0 Å². The molecule has 0 saturated heterocycles. The molecule has 2 aromatic carbocycles. The zero-order valence-electron chi connectivity index (χ0n) is 13.9. The van der Waals surface area contributed by atoms with Crippen LogP contribution in [0.2, 0.25) is 0 Å². The van der Waals surface area contributed by atoms with Gasteiger partial charge in [-0.3, -0.25) is 0 Å². The van der Waals surface area contributed by atoms with Crippen molar-refractivity contribution in [1.82, 2.24) is 10.2 Å². The highest BCUT2D eigenvalue weighted by Gasteiger charge is 2.15. The molecular weight excluding hydrogens is 368 g/mol. The Balaban J connectivity index is 1.98. The largest absolute Gasteiger partial charge is 0.267 e. The summed E-state index contributed by atoms with van der Waals surface area (Å²) in [5, 5.41) is 12.7. The van der Waals surface area contributed by atoms with Gasteiger partial charge in [0.1, 0.15) is 0 Å². The number of rotatable bonds is 5. The second kappa shape index (κ2) is 7.69. The normalized spacial score (nSPS) is 12.6. The van der Waals surface area contributed by atoms with Gasteiger partial charge in [0.05, 0.1) is 5.71 Å². The summed E-state index contributed by atoms with van der Waals surface area (Å²) in [5.74, 6) is 0. The second-order valence-corrected chi connectivity index (χ2v) is 8.19. The van der Waals surface area contributed by atoms with Crippen molar-refractivity contribution in [1.29, 1.82) is 0 Å². The van der Waals surface area contributed by atoms with E-state index in [4.69, 9.17) is 5.14 Å². The van der Waals surface area contributed by atoms with Gasteiger partial charge in [-0.05, 0) is 18.6 Å². The lowest BCUT2D eigenvalue weighted by Gasteiger charge is -2.01. The molecule has 0 fully saturated rings. The van der Waals surface area contributed by atoms with E-state index in [1.54, 1.807) is 0 Å². The van der Waals surface area contributed by atoms with E-state index in [1.165, 1.54) is 5.56 Å². The van der Waals surface area contributed by atoms with Gasteiger partial charge in [0.2, 0.25) is 9.47 Å². The number of aryl methyl sites for hydroxylation is 1. The molecule has 3 aromatic rings. The lowest BCUT2D eigenvalue weighted by Crippen LogP contribution is -2.11. The fraction of sp³-hybridized carbons (Fsp3) is 0.0556. The van der Waals surface area contributed by atoms with Crippen LogP contribution in [0.5, 0.6) is 0 Å². The first-order valence-electron chi connectivity index (χ1n) is 7.67. The van der Waals surface area contributed by atoms with Crippen LogP contribution < -0.4 is 5.14 Å². The van der Waals surface area contributed by atoms with E-state index in [2.05, 4.69) is 15.2 Å². The van der Waals surface area contributed by atoms with Gasteiger partial charge in [0.15, 0.2) is 0 Å². The molecule has 0 atom stereocenters. The first kappa shape index (κ1) is 18.1. The van der Waals surface area contributed by atoms with Crippen LogP contribution >= 0.6 is 11.3 Å². The van der Waals surface area contributed by atoms with Crippen molar-refractivity contribution >= 4 is 38.3 Å². The number of nitrogens with two attached hydrogens (primary N) is 1. The third-order valence-corrected chi connectivity index (χ3v) is 5.56. The molecule has 1 aromatic heterocycles. The summed E-state index contributed by atoms with van der Waals surface area (Å²) in [7, 11) is -3.88. The number of sulfonamides is 1. The average Bonchev–Trinajstić information content (AvgIpc) is 3.10. The molecule has 0 saturated carbocycles. The monoisotopic (exact) mass is 384 g/mol. The maximum absolute atomic E-state index is 11.4. The van der Waals surface area contributed by atoms with Crippen LogP contribution in [0.3, 0.4) is 0 Å². The Labute approximate surface area is 155 Å². The lowest BCUT2D eigenvalue weighted by atomic mass is 10.1. The van der Waals surface area contributed by atoms with Crippen molar-refractivity contribution in [2.75, 3.05) is 0 Å². The van der Waals surface area contributed by atoms with Crippen LogP contribution in [0.1, 0.15) is 16.7 Å². The van der Waals surface area contributed by atoms with Crippen LogP contribution in [-0.4, -0.2) is 24.3 Å². The van der Waals surface area contributed by atoms with E-state index in [9.17, 15) is 8.42 Å². The molecule has 0 aliphatic rings. The Morgan fingerprint density at radius 2 is 1.77 bits per heavy atom. The summed E-state index contributed by atoms with van der Waals surface area (Å²) in [4.78, 5) is 4.45. The number of primary sulfonamides is 1. The van der Waals surface area contributed by atoms with Gasteiger partial charge < -0.3 is 0 Å². The molecule has 0 spiro atoms. The first-order valence-corrected chi connectivity index (χ1v) is 10.0. The predicted octanol–water partition coefficient (Wildman–Crippen LogP) is 3.33. The number of hydrogen-bond donors (Lipinski definition) is 1. The fourth-order valence-electron chi connectivity index (χ4n) is 2.13. The molecule has 0 radical (unpaired) electrons. The highest BCUT2D eigenvalue weighted by molar-refractivity contribution is 7.91. The van der Waals surface area contributed by atoms with Gasteiger partial charge in [0.25, 0.3) is 10.0 Å². The van der Waals surface area contributed by atoms with Gasteiger partial charge in [0, 0.05) is 5.56 Å². The SMILES string of the molecule is Cc1ccc(/C=C/C(=N/c2nnc(S(N)(=O)=O)s2)c2ccccc2)cc1. The summed E-state index contributed by atoms with van der Waals surface area (Å²) in [6.45, 7) is 2.03. The molecule has 132 valence electrons. The summed E-state index contributed by atoms with van der Waals surface area (Å²) >= 11 is 0.830. The van der Waals surface area contributed by atoms with E-state index in [-0.39, 0.29) is 9.47 Å². The standard InChI is InChI=1S/C18H16N4O2S2/c1-13-7-9-14(10-8-13)11-12-16(15-5-3-2-4-6-15)20-17-21-22-18(25-17)26(19,23)24/h2-12H,1H3,(H2,19,23,24)/b12-11+,20-16-. The molecule has 3 rings (SSSR count). The third-order valence-electron chi connectivity index (χ3n) is 3.44. The Kier molecular flexibility index (Phi) is 5.36. The molecule has 0 amide bonds. The molecule has 0 unspecified atom stereocenters. The van der Waals surface area contributed by atoms with Crippen molar-refractivity contribution in [2.45, 2.75) is 11.3 Å². The van der Waals surface area contributed by atoms with Crippen LogP contribution in [0.25, 0.3) is 6.08 Å². The predicted molar refractivity (Wildman–Crippen MR) is 104 cm³/mol. The molecule has 0 aliphatic heterocycles. The van der Waals surface area contributed by atoms with Crippen molar-refractivity contribution in [3.05, 3.63) is 77.4 Å². The minimum Gasteiger partial charge on any atom is -0.223 e. The highest BCUT2D eigenvalue weighted by Crippen LogP contribution is 2.23. The molecular formula is C18H16N4O2S2. The number of nitrogens with zero attached hydrogens (tertiary/aromatic N) is 3. The quantitative estimate of drug-likeness (QED) is 0.682. The van der Waals surface area contributed by atoms with E-state index >= 15 is 0 Å². The smallest absolute Gasteiger partial charge is 0.223 e. The Morgan fingerprint density at radius 1 is 1.08 bits per heavy atom. The van der Waals surface area contributed by atoms with Crippen LogP contribution in [0.15, 0.2) is 70.0 Å². The van der Waals surface area contributed by atoms with Gasteiger partial charge >= 0.3 is 0 Å². The fourth-order valence-corrected chi connectivity index (χ4v) is 3.43. The summed E-state index contributed by atoms with van der Waals surface area (Å²) < 4.78 is 22.5. The number of benzene rings is 2. The van der Waals surface area contributed by atoms with Crippen molar-refractivity contribution in [3.63, 3.8) is 0 Å². The van der Waals surface area contributed by atoms with Gasteiger partial charge in [-0.25, -0.2) is 18.5 Å². The maximum Gasteiger partial charge on any atom is 0.267 e.